The fourth-order valence-corrected chi connectivity index (χ4v) is 4.27. The summed E-state index contributed by atoms with van der Waals surface area (Å²) in [6, 6.07) is 12.6. The van der Waals surface area contributed by atoms with Gasteiger partial charge in [0.05, 0.1) is 13.2 Å². The third-order valence-electron chi connectivity index (χ3n) is 6.15. The van der Waals surface area contributed by atoms with E-state index in [0.717, 1.165) is 42.5 Å². The molecule has 0 aromatic heterocycles. The Bertz CT molecular complexity index is 1180. The second kappa shape index (κ2) is 11.0. The molecule has 1 saturated heterocycles. The van der Waals surface area contributed by atoms with Gasteiger partial charge in [0.25, 0.3) is 0 Å². The predicted molar refractivity (Wildman–Crippen MR) is 122 cm³/mol. The van der Waals surface area contributed by atoms with E-state index in [2.05, 4.69) is 0 Å². The third-order valence-corrected chi connectivity index (χ3v) is 6.15. The first-order valence-electron chi connectivity index (χ1n) is 11.3. The average molecular weight is 470 g/mol. The lowest BCUT2D eigenvalue weighted by Gasteiger charge is -2.29. The highest BCUT2D eigenvalue weighted by atomic mass is 19.1. The number of hydrogen-bond acceptors (Lipinski definition) is 4. The molecule has 178 valence electrons. The molecule has 4 nitrogen and oxygen atoms in total. The molecule has 1 heterocycles. The van der Waals surface area contributed by atoms with Crippen molar-refractivity contribution >= 4 is 10.8 Å². The van der Waals surface area contributed by atoms with E-state index in [1.807, 2.05) is 12.1 Å². The van der Waals surface area contributed by atoms with Crippen LogP contribution in [0.1, 0.15) is 41.4 Å². The fraction of sp³-hybridized carbons (Fsp3) is 0.370. The number of fused-ring (bicyclic) bond motifs is 1. The topological polar surface area (TPSA) is 51.5 Å². The number of hydrogen-bond donors (Lipinski definition) is 0. The van der Waals surface area contributed by atoms with Gasteiger partial charge in [-0.3, -0.25) is 0 Å². The molecule has 1 fully saturated rings. The summed E-state index contributed by atoms with van der Waals surface area (Å²) >= 11 is 0. The van der Waals surface area contributed by atoms with Crippen molar-refractivity contribution in [3.8, 4) is 6.07 Å². The van der Waals surface area contributed by atoms with Crippen LogP contribution in [-0.2, 0) is 27.1 Å². The van der Waals surface area contributed by atoms with Crippen LogP contribution in [0.25, 0.3) is 10.8 Å². The standard InChI is InChI=1S/C27H26F3NO3/c1-32-10-2-3-18-15-33-27(34-16-18)21-8-9-22-20(13-21)7-6-19(26(22)30)5-4-17-11-24(28)23(14-31)25(29)12-17/h6-9,11-13,18,27H,2-5,10,15-16H2,1H3. The number of aryl methyl sites for hydroxylation is 2. The fourth-order valence-electron chi connectivity index (χ4n) is 4.27. The zero-order valence-electron chi connectivity index (χ0n) is 19.0. The number of nitrogens with zero attached hydrogens (tertiary/aromatic N) is 1. The monoisotopic (exact) mass is 469 g/mol. The Balaban J connectivity index is 1.43. The van der Waals surface area contributed by atoms with Crippen molar-refractivity contribution in [2.24, 2.45) is 5.92 Å². The van der Waals surface area contributed by atoms with Gasteiger partial charge in [-0.2, -0.15) is 5.26 Å². The van der Waals surface area contributed by atoms with Crippen LogP contribution in [0.15, 0.2) is 42.5 Å². The van der Waals surface area contributed by atoms with Crippen LogP contribution in [0.2, 0.25) is 0 Å². The van der Waals surface area contributed by atoms with E-state index in [1.54, 1.807) is 25.3 Å². The van der Waals surface area contributed by atoms with Crippen molar-refractivity contribution in [1.29, 1.82) is 5.26 Å². The zero-order chi connectivity index (χ0) is 24.1. The SMILES string of the molecule is COCCCC1COC(c2ccc3c(F)c(CCc4cc(F)c(C#N)c(F)c4)ccc3c2)OC1. The normalized spacial score (nSPS) is 18.2. The van der Waals surface area contributed by atoms with Crippen LogP contribution < -0.4 is 0 Å². The molecule has 0 spiro atoms. The maximum atomic E-state index is 15.2. The van der Waals surface area contributed by atoms with Crippen LogP contribution in [0.5, 0.6) is 0 Å². The second-order valence-corrected chi connectivity index (χ2v) is 8.57. The molecule has 34 heavy (non-hydrogen) atoms. The molecule has 7 heteroatoms. The lowest BCUT2D eigenvalue weighted by molar-refractivity contribution is -0.206. The lowest BCUT2D eigenvalue weighted by atomic mass is 9.98. The van der Waals surface area contributed by atoms with E-state index in [9.17, 15) is 8.78 Å². The minimum absolute atomic E-state index is 0.245. The average Bonchev–Trinajstić information content (AvgIpc) is 2.84. The number of benzene rings is 3. The Morgan fingerprint density at radius 2 is 1.74 bits per heavy atom. The summed E-state index contributed by atoms with van der Waals surface area (Å²) in [5.74, 6) is -1.83. The Kier molecular flexibility index (Phi) is 7.84. The first-order chi connectivity index (χ1) is 16.5. The Hall–Kier alpha value is -2.92. The summed E-state index contributed by atoms with van der Waals surface area (Å²) in [5, 5.41) is 9.98. The van der Waals surface area contributed by atoms with Gasteiger partial charge in [0.2, 0.25) is 0 Å². The molecule has 3 aromatic carbocycles. The maximum Gasteiger partial charge on any atom is 0.183 e. The number of nitriles is 1. The summed E-state index contributed by atoms with van der Waals surface area (Å²) in [6.45, 7) is 1.94. The van der Waals surface area contributed by atoms with Gasteiger partial charge in [0, 0.05) is 30.6 Å². The lowest BCUT2D eigenvalue weighted by Crippen LogP contribution is -2.27. The summed E-state index contributed by atoms with van der Waals surface area (Å²) in [4.78, 5) is 0. The molecular weight excluding hydrogens is 443 g/mol. The van der Waals surface area contributed by atoms with Gasteiger partial charge in [-0.05, 0) is 60.4 Å². The predicted octanol–water partition coefficient (Wildman–Crippen LogP) is 6.00. The van der Waals surface area contributed by atoms with Gasteiger partial charge in [0.1, 0.15) is 29.1 Å². The summed E-state index contributed by atoms with van der Waals surface area (Å²) in [5.41, 5.74) is 1.05. The Morgan fingerprint density at radius 3 is 2.41 bits per heavy atom. The first kappa shape index (κ1) is 24.2. The van der Waals surface area contributed by atoms with Crippen LogP contribution in [0, 0.1) is 34.7 Å². The molecule has 0 bridgehead atoms. The van der Waals surface area contributed by atoms with E-state index < -0.39 is 23.5 Å². The van der Waals surface area contributed by atoms with Gasteiger partial charge in [0.15, 0.2) is 6.29 Å². The van der Waals surface area contributed by atoms with Crippen molar-refractivity contribution in [3.63, 3.8) is 0 Å². The van der Waals surface area contributed by atoms with E-state index >= 15 is 4.39 Å². The molecule has 0 aliphatic carbocycles. The molecule has 0 amide bonds. The molecule has 4 rings (SSSR count). The molecule has 0 radical (unpaired) electrons. The van der Waals surface area contributed by atoms with Crippen LogP contribution >= 0.6 is 0 Å². The molecular formula is C27H26F3NO3. The van der Waals surface area contributed by atoms with Gasteiger partial charge < -0.3 is 14.2 Å². The number of halogens is 3. The molecule has 1 aliphatic heterocycles. The van der Waals surface area contributed by atoms with Gasteiger partial charge in [-0.1, -0.05) is 24.3 Å². The highest BCUT2D eigenvalue weighted by Gasteiger charge is 2.24. The highest BCUT2D eigenvalue weighted by molar-refractivity contribution is 5.84. The molecule has 3 aromatic rings. The van der Waals surface area contributed by atoms with Crippen LogP contribution in [0.3, 0.4) is 0 Å². The third kappa shape index (κ3) is 5.41. The summed E-state index contributed by atoms with van der Waals surface area (Å²) in [7, 11) is 1.69. The zero-order valence-corrected chi connectivity index (χ0v) is 19.0. The van der Waals surface area contributed by atoms with Crippen LogP contribution in [-0.4, -0.2) is 26.9 Å². The molecule has 0 atom stereocenters. The Morgan fingerprint density at radius 1 is 1.00 bits per heavy atom. The van der Waals surface area contributed by atoms with Crippen LogP contribution in [0.4, 0.5) is 13.2 Å². The van der Waals surface area contributed by atoms with Crippen molar-refractivity contribution in [1.82, 2.24) is 0 Å². The molecule has 0 N–H and O–H groups in total. The highest BCUT2D eigenvalue weighted by Crippen LogP contribution is 2.31. The van der Waals surface area contributed by atoms with Gasteiger partial charge >= 0.3 is 0 Å². The van der Waals surface area contributed by atoms with Gasteiger partial charge in [-0.15, -0.1) is 0 Å². The van der Waals surface area contributed by atoms with E-state index in [0.29, 0.717) is 35.6 Å². The maximum absolute atomic E-state index is 15.2. The summed E-state index contributed by atoms with van der Waals surface area (Å²) in [6.07, 6.45) is 1.98. The number of methoxy groups -OCH3 is 1. The first-order valence-corrected chi connectivity index (χ1v) is 11.3. The minimum Gasteiger partial charge on any atom is -0.385 e. The van der Waals surface area contributed by atoms with E-state index in [1.165, 1.54) is 6.07 Å². The molecule has 0 saturated carbocycles. The summed E-state index contributed by atoms with van der Waals surface area (Å²) < 4.78 is 59.7. The van der Waals surface area contributed by atoms with Crippen molar-refractivity contribution in [3.05, 3.63) is 82.2 Å². The van der Waals surface area contributed by atoms with Crippen molar-refractivity contribution in [2.45, 2.75) is 32.0 Å². The largest absolute Gasteiger partial charge is 0.385 e. The molecule has 1 aliphatic rings. The molecule has 0 unspecified atom stereocenters. The smallest absolute Gasteiger partial charge is 0.183 e. The number of rotatable bonds is 8. The quantitative estimate of drug-likeness (QED) is 0.380. The van der Waals surface area contributed by atoms with Crippen molar-refractivity contribution in [2.75, 3.05) is 26.9 Å². The Labute approximate surface area is 196 Å². The van der Waals surface area contributed by atoms with Crippen molar-refractivity contribution < 1.29 is 27.4 Å². The van der Waals surface area contributed by atoms with E-state index in [-0.39, 0.29) is 18.7 Å². The minimum atomic E-state index is -0.905. The van der Waals surface area contributed by atoms with E-state index in [4.69, 9.17) is 19.5 Å². The second-order valence-electron chi connectivity index (χ2n) is 8.57. The number of ether oxygens (including phenoxy) is 3. The van der Waals surface area contributed by atoms with Gasteiger partial charge in [-0.25, -0.2) is 13.2 Å².